The van der Waals surface area contributed by atoms with E-state index in [-0.39, 0.29) is 57.7 Å². The summed E-state index contributed by atoms with van der Waals surface area (Å²) in [7, 11) is 1.52. The molecule has 5 rings (SSSR count). The molecule has 1 aliphatic rings. The normalized spacial score (nSPS) is 16.2. The summed E-state index contributed by atoms with van der Waals surface area (Å²) < 4.78 is 23.5. The number of aryl methyl sites for hydroxylation is 1. The number of nitrogens with zero attached hydrogens (tertiary/aromatic N) is 1. The molecule has 0 radical (unpaired) electrons. The van der Waals surface area contributed by atoms with E-state index in [1.54, 1.807) is 90.9 Å². The number of hydrogen-bond donors (Lipinski definition) is 4. The first-order valence-corrected chi connectivity index (χ1v) is 27.0. The molecule has 4 aromatic rings. The molecule has 4 aromatic carbocycles. The Hall–Kier alpha value is -7.07. The Balaban J connectivity index is 1.56. The zero-order chi connectivity index (χ0) is 56.5. The number of rotatable bonds is 22. The third kappa shape index (κ3) is 18.6. The van der Waals surface area contributed by atoms with Gasteiger partial charge in [-0.25, -0.2) is 9.59 Å². The lowest BCUT2D eigenvalue weighted by Crippen LogP contribution is -2.47. The molecule has 4 bridgehead atoms. The smallest absolute Gasteiger partial charge is 0.407 e. The first-order chi connectivity index (χ1) is 36.5. The zero-order valence-corrected chi connectivity index (χ0v) is 46.8. The van der Waals surface area contributed by atoms with Crippen LogP contribution in [0.2, 0.25) is 0 Å². The molecule has 4 amide bonds. The second-order valence-electron chi connectivity index (χ2n) is 21.8. The van der Waals surface area contributed by atoms with Crippen molar-refractivity contribution in [3.8, 4) is 33.8 Å². The van der Waals surface area contributed by atoms with Gasteiger partial charge in [-0.1, -0.05) is 87.9 Å². The maximum atomic E-state index is 15.2. The summed E-state index contributed by atoms with van der Waals surface area (Å²) in [6.07, 6.45) is 2.67. The molecular weight excluding hydrogens is 979 g/mol. The fourth-order valence-electron chi connectivity index (χ4n) is 9.02. The lowest BCUT2D eigenvalue weighted by molar-refractivity contribution is -0.142. The van der Waals surface area contributed by atoms with E-state index in [1.807, 2.05) is 25.1 Å². The Morgan fingerprint density at radius 3 is 1.91 bits per heavy atom. The highest BCUT2D eigenvalue weighted by Crippen LogP contribution is 2.41. The first kappa shape index (κ1) is 60.8. The van der Waals surface area contributed by atoms with Crippen molar-refractivity contribution in [2.75, 3.05) is 39.9 Å². The summed E-state index contributed by atoms with van der Waals surface area (Å²) in [5.74, 6) is -3.28. The molecule has 4 atom stereocenters. The molecule has 1 heterocycles. The largest absolute Gasteiger partial charge is 0.493 e. The lowest BCUT2D eigenvalue weighted by Gasteiger charge is -2.32. The van der Waals surface area contributed by atoms with E-state index in [4.69, 9.17) is 24.7 Å². The van der Waals surface area contributed by atoms with Crippen LogP contribution in [0.15, 0.2) is 84.9 Å². The van der Waals surface area contributed by atoms with E-state index < -0.39 is 70.7 Å². The number of benzene rings is 4. The van der Waals surface area contributed by atoms with E-state index in [2.05, 4.69) is 47.1 Å². The van der Waals surface area contributed by atoms with Crippen LogP contribution in [0.5, 0.6) is 11.5 Å². The van der Waals surface area contributed by atoms with Crippen LogP contribution in [0.3, 0.4) is 0 Å². The van der Waals surface area contributed by atoms with Gasteiger partial charge in [0.05, 0.1) is 25.7 Å². The van der Waals surface area contributed by atoms with Gasteiger partial charge in [-0.2, -0.15) is 0 Å². The number of amides is 4. The second kappa shape index (κ2) is 28.3. The molecular formula is C61H81N5O11. The Morgan fingerprint density at radius 2 is 1.31 bits per heavy atom. The Bertz CT molecular complexity index is 2670. The van der Waals surface area contributed by atoms with Gasteiger partial charge >= 0.3 is 12.2 Å². The number of carbonyl (C=O) groups excluding carboxylic acids is 7. The first-order valence-electron chi connectivity index (χ1n) is 27.0. The van der Waals surface area contributed by atoms with Gasteiger partial charge in [-0.05, 0) is 132 Å². The SMILES string of the molecule is CCCCc1ccc(-c2ccc(C(=O)C[C@@H](CCCNC(=O)OC(C)(C)C)C(=O)N(C)[C@@H]3C(=O)C[C@@H](C)C(=O)N[C@H](C(=O)CN)Cc4ccc(OCCNC(=O)OC(C)(C)C)c(c4)-c4cc3ccc4OCCC)cc2)cc1. The molecule has 0 saturated carbocycles. The fraction of sp³-hybridized carbons (Fsp3) is 0.492. The van der Waals surface area contributed by atoms with Gasteiger partial charge in [0.2, 0.25) is 11.8 Å². The van der Waals surface area contributed by atoms with Gasteiger partial charge in [-0.3, -0.25) is 24.0 Å². The van der Waals surface area contributed by atoms with Gasteiger partial charge in [0.15, 0.2) is 17.3 Å². The van der Waals surface area contributed by atoms with Crippen molar-refractivity contribution in [1.29, 1.82) is 0 Å². The van der Waals surface area contributed by atoms with E-state index in [0.29, 0.717) is 58.8 Å². The number of fused-ring (bicyclic) bond motifs is 5. The van der Waals surface area contributed by atoms with Crippen LogP contribution < -0.4 is 31.2 Å². The van der Waals surface area contributed by atoms with Gasteiger partial charge in [0.1, 0.15) is 35.3 Å². The van der Waals surface area contributed by atoms with Gasteiger partial charge in [0.25, 0.3) is 0 Å². The summed E-state index contributed by atoms with van der Waals surface area (Å²) in [6, 6.07) is 23.9. The molecule has 0 fully saturated rings. The summed E-state index contributed by atoms with van der Waals surface area (Å²) in [6.45, 7) is 16.5. The predicted molar refractivity (Wildman–Crippen MR) is 298 cm³/mol. The monoisotopic (exact) mass is 1060 g/mol. The average molecular weight is 1060 g/mol. The fourth-order valence-corrected chi connectivity index (χ4v) is 9.02. The number of Topliss-reactive ketones (excluding diaryl/α,β-unsaturated/α-hetero) is 3. The van der Waals surface area contributed by atoms with E-state index in [1.165, 1.54) is 17.5 Å². The molecule has 5 N–H and O–H groups in total. The maximum Gasteiger partial charge on any atom is 0.407 e. The molecule has 0 unspecified atom stereocenters. The highest BCUT2D eigenvalue weighted by atomic mass is 16.6. The van der Waals surface area contributed by atoms with Crippen LogP contribution in [0.4, 0.5) is 9.59 Å². The highest BCUT2D eigenvalue weighted by Gasteiger charge is 2.36. The molecule has 77 heavy (non-hydrogen) atoms. The Labute approximate surface area is 454 Å². The van der Waals surface area contributed by atoms with E-state index in [0.717, 1.165) is 30.4 Å². The van der Waals surface area contributed by atoms with Crippen molar-refractivity contribution in [3.05, 3.63) is 107 Å². The molecule has 16 nitrogen and oxygen atoms in total. The van der Waals surface area contributed by atoms with Crippen molar-refractivity contribution >= 4 is 41.4 Å². The zero-order valence-electron chi connectivity index (χ0n) is 46.8. The number of ether oxygens (including phenoxy) is 4. The third-order valence-electron chi connectivity index (χ3n) is 13.0. The minimum absolute atomic E-state index is 0.0293. The van der Waals surface area contributed by atoms with Crippen LogP contribution in [0.1, 0.15) is 140 Å². The van der Waals surface area contributed by atoms with Crippen molar-refractivity contribution in [1.82, 2.24) is 20.9 Å². The quantitative estimate of drug-likeness (QED) is 0.0427. The molecule has 16 heteroatoms. The molecule has 0 aliphatic carbocycles. The van der Waals surface area contributed by atoms with E-state index >= 15 is 9.59 Å². The summed E-state index contributed by atoms with van der Waals surface area (Å²) in [5.41, 5.74) is 10.1. The maximum absolute atomic E-state index is 15.2. The second-order valence-corrected chi connectivity index (χ2v) is 21.8. The van der Waals surface area contributed by atoms with Crippen LogP contribution >= 0.6 is 0 Å². The minimum atomic E-state index is -1.28. The lowest BCUT2D eigenvalue weighted by atomic mass is 9.88. The number of likely N-dealkylation sites (N-methyl/N-ethyl adjacent to an activating group) is 1. The van der Waals surface area contributed by atoms with Gasteiger partial charge in [-0.15, -0.1) is 0 Å². The summed E-state index contributed by atoms with van der Waals surface area (Å²) >= 11 is 0. The van der Waals surface area contributed by atoms with Gasteiger partial charge in [0, 0.05) is 55.0 Å². The van der Waals surface area contributed by atoms with Gasteiger partial charge < -0.3 is 45.5 Å². The van der Waals surface area contributed by atoms with Crippen molar-refractivity contribution in [3.63, 3.8) is 0 Å². The third-order valence-corrected chi connectivity index (χ3v) is 13.0. The van der Waals surface area contributed by atoms with Crippen molar-refractivity contribution in [2.24, 2.45) is 17.6 Å². The number of hydrogen-bond acceptors (Lipinski definition) is 12. The van der Waals surface area contributed by atoms with Crippen LogP contribution in [0, 0.1) is 11.8 Å². The standard InChI is InChI=1S/C61H81N5O11/c1-11-13-15-40-17-20-42(21-18-40)43-22-24-44(25-23-43)50(67)37-46(16-14-29-63-58(72)76-60(4,5)6)57(71)66(10)55-45-26-28-54(74-31-12-2)48(36-45)47-34-41(19-27-53(47)75-32-30-64-59(73)77-61(7,8)9)35-49(52(69)38-62)65-56(70)39(3)33-51(55)68/h17-28,34,36,39,46,49,55H,11-16,29-33,35,37-38,62H2,1-10H3,(H,63,72)(H,64,73)(H,65,70)/t39-,46-,49+,55+/m1/s1. The highest BCUT2D eigenvalue weighted by molar-refractivity contribution is 6.00. The number of carbonyl (C=O) groups is 7. The van der Waals surface area contributed by atoms with Crippen molar-refractivity contribution in [2.45, 2.75) is 143 Å². The van der Waals surface area contributed by atoms with E-state index in [9.17, 15) is 24.0 Å². The molecule has 1 aliphatic heterocycles. The van der Waals surface area contributed by atoms with Crippen LogP contribution in [-0.2, 0) is 41.5 Å². The molecule has 0 spiro atoms. The molecule has 416 valence electrons. The number of nitrogens with one attached hydrogen (secondary N) is 3. The number of alkyl carbamates (subject to hydrolysis) is 2. The Kier molecular flexibility index (Phi) is 22.4. The van der Waals surface area contributed by atoms with Crippen molar-refractivity contribution < 1.29 is 52.5 Å². The number of nitrogens with two attached hydrogens (primary N) is 1. The van der Waals surface area contributed by atoms with Crippen LogP contribution in [0.25, 0.3) is 22.3 Å². The number of ketones is 3. The molecule has 0 aromatic heterocycles. The molecule has 0 saturated heterocycles. The van der Waals surface area contributed by atoms with Crippen LogP contribution in [-0.4, -0.2) is 103 Å². The summed E-state index contributed by atoms with van der Waals surface area (Å²) in [4.78, 5) is 98.4. The predicted octanol–water partition coefficient (Wildman–Crippen LogP) is 9.91. The topological polar surface area (TPSA) is 222 Å². The number of unbranched alkanes of at least 4 members (excludes halogenated alkanes) is 1. The Morgan fingerprint density at radius 1 is 0.727 bits per heavy atom. The minimum Gasteiger partial charge on any atom is -0.493 e. The summed E-state index contributed by atoms with van der Waals surface area (Å²) in [5, 5.41) is 8.29. The average Bonchev–Trinajstić information content (AvgIpc) is 3.39.